The van der Waals surface area contributed by atoms with Crippen molar-refractivity contribution in [2.75, 3.05) is 6.54 Å². The molecular weight excluding hydrogens is 156 g/mol. The van der Waals surface area contributed by atoms with Crippen LogP contribution in [0.5, 0.6) is 0 Å². The third-order valence-corrected chi connectivity index (χ3v) is 1.64. The number of rotatable bonds is 1. The molecular formula is C8H10N2O2. The largest absolute Gasteiger partial charge is 0.326 e. The lowest BCUT2D eigenvalue weighted by Crippen LogP contribution is -2.31. The summed E-state index contributed by atoms with van der Waals surface area (Å²) >= 11 is 0. The van der Waals surface area contributed by atoms with E-state index in [2.05, 4.69) is 17.2 Å². The summed E-state index contributed by atoms with van der Waals surface area (Å²) in [5, 5.41) is 2.50. The highest BCUT2D eigenvalue weighted by Gasteiger charge is 2.33. The van der Waals surface area contributed by atoms with E-state index in [0.717, 1.165) is 4.90 Å². The summed E-state index contributed by atoms with van der Waals surface area (Å²) in [6.45, 7) is 3.51. The fraction of sp³-hybridized carbons (Fsp3) is 0.500. The second-order valence-corrected chi connectivity index (χ2v) is 2.52. The molecule has 1 saturated heterocycles. The van der Waals surface area contributed by atoms with Crippen LogP contribution in [-0.2, 0) is 4.79 Å². The molecule has 1 heterocycles. The number of urea groups is 1. The molecule has 1 fully saturated rings. The highest BCUT2D eigenvalue weighted by atomic mass is 16.2. The van der Waals surface area contributed by atoms with Crippen molar-refractivity contribution in [2.45, 2.75) is 19.9 Å². The summed E-state index contributed by atoms with van der Waals surface area (Å²) in [7, 11) is 0. The van der Waals surface area contributed by atoms with Gasteiger partial charge >= 0.3 is 6.03 Å². The van der Waals surface area contributed by atoms with E-state index in [9.17, 15) is 9.59 Å². The number of hydrogen-bond acceptors (Lipinski definition) is 2. The number of nitrogens with one attached hydrogen (secondary N) is 1. The minimum atomic E-state index is -0.406. The predicted molar refractivity (Wildman–Crippen MR) is 43.2 cm³/mol. The van der Waals surface area contributed by atoms with Gasteiger partial charge in [0.05, 0.1) is 6.54 Å². The van der Waals surface area contributed by atoms with Crippen molar-refractivity contribution < 1.29 is 9.59 Å². The van der Waals surface area contributed by atoms with E-state index >= 15 is 0 Å². The maximum Gasteiger partial charge on any atom is 0.325 e. The van der Waals surface area contributed by atoms with E-state index < -0.39 is 6.04 Å². The molecule has 0 aromatic heterocycles. The van der Waals surface area contributed by atoms with E-state index in [1.54, 1.807) is 13.8 Å². The third-order valence-electron chi connectivity index (χ3n) is 1.64. The molecule has 64 valence electrons. The molecule has 0 aromatic rings. The lowest BCUT2D eigenvalue weighted by molar-refractivity contribution is -0.126. The standard InChI is InChI=1S/C8H10N2O2/c1-3-4-5-10-7(11)6(2)9-8(10)12/h6H,5H2,1-2H3,(H,9,12)/t6-/m0/s1. The summed E-state index contributed by atoms with van der Waals surface area (Å²) in [4.78, 5) is 23.3. The van der Waals surface area contributed by atoms with Crippen LogP contribution in [0.1, 0.15) is 13.8 Å². The van der Waals surface area contributed by atoms with Gasteiger partial charge in [-0.3, -0.25) is 9.69 Å². The maximum atomic E-state index is 11.2. The van der Waals surface area contributed by atoms with Gasteiger partial charge in [0.15, 0.2) is 0 Å². The molecule has 0 radical (unpaired) electrons. The van der Waals surface area contributed by atoms with Crippen LogP contribution in [0.2, 0.25) is 0 Å². The van der Waals surface area contributed by atoms with Crippen molar-refractivity contribution in [3.63, 3.8) is 0 Å². The van der Waals surface area contributed by atoms with Crippen molar-refractivity contribution in [3.8, 4) is 11.8 Å². The first kappa shape index (κ1) is 8.60. The van der Waals surface area contributed by atoms with E-state index in [1.807, 2.05) is 0 Å². The lowest BCUT2D eigenvalue weighted by atomic mass is 10.3. The summed E-state index contributed by atoms with van der Waals surface area (Å²) in [5.41, 5.74) is 0. The zero-order valence-corrected chi connectivity index (χ0v) is 7.05. The number of hydrogen-bond donors (Lipinski definition) is 1. The number of nitrogens with zero attached hydrogens (tertiary/aromatic N) is 1. The molecule has 0 aromatic carbocycles. The number of amides is 3. The molecule has 0 unspecified atom stereocenters. The van der Waals surface area contributed by atoms with Gasteiger partial charge in [-0.1, -0.05) is 5.92 Å². The zero-order chi connectivity index (χ0) is 9.14. The highest BCUT2D eigenvalue weighted by molar-refractivity contribution is 6.04. The molecule has 1 N–H and O–H groups in total. The van der Waals surface area contributed by atoms with Gasteiger partial charge in [0, 0.05) is 0 Å². The summed E-state index contributed by atoms with van der Waals surface area (Å²) < 4.78 is 0. The van der Waals surface area contributed by atoms with Crippen LogP contribution in [0, 0.1) is 11.8 Å². The molecule has 4 heteroatoms. The predicted octanol–water partition coefficient (Wildman–Crippen LogP) is -0.0500. The van der Waals surface area contributed by atoms with Crippen molar-refractivity contribution in [2.24, 2.45) is 0 Å². The van der Waals surface area contributed by atoms with Crippen LogP contribution < -0.4 is 5.32 Å². The molecule has 0 spiro atoms. The van der Waals surface area contributed by atoms with Gasteiger partial charge in [-0.05, 0) is 13.8 Å². The Hall–Kier alpha value is -1.50. The Labute approximate surface area is 70.9 Å². The molecule has 4 nitrogen and oxygen atoms in total. The van der Waals surface area contributed by atoms with Crippen LogP contribution >= 0.6 is 0 Å². The van der Waals surface area contributed by atoms with E-state index in [0.29, 0.717) is 0 Å². The van der Waals surface area contributed by atoms with E-state index in [4.69, 9.17) is 0 Å². The molecule has 3 amide bonds. The highest BCUT2D eigenvalue weighted by Crippen LogP contribution is 2.03. The Balaban J connectivity index is 2.68. The molecule has 1 aliphatic heterocycles. The summed E-state index contributed by atoms with van der Waals surface area (Å²) in [6, 6.07) is -0.758. The Morgan fingerprint density at radius 2 is 2.25 bits per heavy atom. The molecule has 1 rings (SSSR count). The monoisotopic (exact) mass is 166 g/mol. The Morgan fingerprint density at radius 1 is 1.58 bits per heavy atom. The molecule has 1 atom stereocenters. The normalized spacial score (nSPS) is 21.8. The van der Waals surface area contributed by atoms with Crippen LogP contribution in [0.15, 0.2) is 0 Å². The molecule has 12 heavy (non-hydrogen) atoms. The molecule has 0 aliphatic carbocycles. The van der Waals surface area contributed by atoms with Crippen molar-refractivity contribution in [3.05, 3.63) is 0 Å². The van der Waals surface area contributed by atoms with Gasteiger partial charge in [-0.2, -0.15) is 0 Å². The van der Waals surface area contributed by atoms with Gasteiger partial charge in [0.1, 0.15) is 6.04 Å². The molecule has 0 saturated carbocycles. The lowest BCUT2D eigenvalue weighted by Gasteiger charge is -2.06. The number of imide groups is 1. The first-order valence-electron chi connectivity index (χ1n) is 3.68. The quantitative estimate of drug-likeness (QED) is 0.438. The average Bonchev–Trinajstić information content (AvgIpc) is 2.25. The van der Waals surface area contributed by atoms with Crippen LogP contribution in [0.4, 0.5) is 4.79 Å². The summed E-state index contributed by atoms with van der Waals surface area (Å²) in [6.07, 6.45) is 0. The van der Waals surface area contributed by atoms with E-state index in [1.165, 1.54) is 0 Å². The van der Waals surface area contributed by atoms with E-state index in [-0.39, 0.29) is 18.5 Å². The topological polar surface area (TPSA) is 49.4 Å². The fourth-order valence-electron chi connectivity index (χ4n) is 0.967. The third kappa shape index (κ3) is 1.40. The smallest absolute Gasteiger partial charge is 0.325 e. The fourth-order valence-corrected chi connectivity index (χ4v) is 0.967. The first-order valence-corrected chi connectivity index (χ1v) is 3.68. The van der Waals surface area contributed by atoms with Crippen LogP contribution in [0.25, 0.3) is 0 Å². The van der Waals surface area contributed by atoms with Gasteiger partial charge in [0.2, 0.25) is 0 Å². The minimum Gasteiger partial charge on any atom is -0.326 e. The van der Waals surface area contributed by atoms with Crippen LogP contribution in [-0.4, -0.2) is 29.4 Å². The second kappa shape index (κ2) is 3.26. The molecule has 1 aliphatic rings. The van der Waals surface area contributed by atoms with Gasteiger partial charge < -0.3 is 5.32 Å². The number of carbonyl (C=O) groups excluding carboxylic acids is 2. The second-order valence-electron chi connectivity index (χ2n) is 2.52. The summed E-state index contributed by atoms with van der Waals surface area (Å²) in [5.74, 6) is 5.09. The Morgan fingerprint density at radius 3 is 2.67 bits per heavy atom. The van der Waals surface area contributed by atoms with Crippen molar-refractivity contribution in [1.82, 2.24) is 10.2 Å². The maximum absolute atomic E-state index is 11.2. The Kier molecular flexibility index (Phi) is 2.34. The minimum absolute atomic E-state index is 0.186. The molecule has 0 bridgehead atoms. The Bertz CT molecular complexity index is 275. The zero-order valence-electron chi connectivity index (χ0n) is 7.05. The van der Waals surface area contributed by atoms with Gasteiger partial charge in [0.25, 0.3) is 5.91 Å². The van der Waals surface area contributed by atoms with Crippen LogP contribution in [0.3, 0.4) is 0 Å². The van der Waals surface area contributed by atoms with Crippen molar-refractivity contribution in [1.29, 1.82) is 0 Å². The van der Waals surface area contributed by atoms with Gasteiger partial charge in [-0.25, -0.2) is 4.79 Å². The first-order chi connectivity index (χ1) is 5.66. The average molecular weight is 166 g/mol. The SMILES string of the molecule is CC#CCN1C(=O)N[C@@H](C)C1=O. The van der Waals surface area contributed by atoms with Crippen molar-refractivity contribution >= 4 is 11.9 Å². The number of carbonyl (C=O) groups is 2. The van der Waals surface area contributed by atoms with Gasteiger partial charge in [-0.15, -0.1) is 5.92 Å².